The van der Waals surface area contributed by atoms with Gasteiger partial charge in [-0.05, 0) is 42.8 Å². The lowest BCUT2D eigenvalue weighted by atomic mass is 10.1. The minimum atomic E-state index is -1.19. The fourth-order valence-electron chi connectivity index (χ4n) is 1.79. The van der Waals surface area contributed by atoms with Crippen LogP contribution in [0.4, 0.5) is 11.4 Å². The first-order chi connectivity index (χ1) is 9.88. The Balaban J connectivity index is 2.31. The summed E-state index contributed by atoms with van der Waals surface area (Å²) >= 11 is 0. The number of anilines is 2. The Labute approximate surface area is 120 Å². The SMILES string of the molecule is Cc1ccc(C(=O)Nc2ccc(N)cc2C(=O)O)cc1O. The second-order valence-corrected chi connectivity index (χ2v) is 4.57. The number of benzene rings is 2. The molecule has 0 saturated heterocycles. The average molecular weight is 286 g/mol. The average Bonchev–Trinajstić information content (AvgIpc) is 2.43. The molecule has 21 heavy (non-hydrogen) atoms. The molecule has 0 bridgehead atoms. The molecule has 0 aromatic heterocycles. The molecule has 0 fully saturated rings. The van der Waals surface area contributed by atoms with Crippen LogP contribution in [0.3, 0.4) is 0 Å². The monoisotopic (exact) mass is 286 g/mol. The first-order valence-corrected chi connectivity index (χ1v) is 6.12. The third-order valence-corrected chi connectivity index (χ3v) is 2.99. The summed E-state index contributed by atoms with van der Waals surface area (Å²) in [5.41, 5.74) is 6.74. The largest absolute Gasteiger partial charge is 0.508 e. The number of nitrogens with one attached hydrogen (secondary N) is 1. The standard InChI is InChI=1S/C15H14N2O4/c1-8-2-3-9(6-13(8)18)14(19)17-12-5-4-10(16)7-11(12)15(20)21/h2-7,18H,16H2,1H3,(H,17,19)(H,20,21). The van der Waals surface area contributed by atoms with Gasteiger partial charge in [0.2, 0.25) is 0 Å². The third-order valence-electron chi connectivity index (χ3n) is 2.99. The van der Waals surface area contributed by atoms with E-state index in [0.717, 1.165) is 0 Å². The van der Waals surface area contributed by atoms with Gasteiger partial charge < -0.3 is 21.3 Å². The molecule has 0 unspecified atom stereocenters. The van der Waals surface area contributed by atoms with Gasteiger partial charge in [-0.2, -0.15) is 0 Å². The van der Waals surface area contributed by atoms with E-state index in [-0.39, 0.29) is 22.6 Å². The fraction of sp³-hybridized carbons (Fsp3) is 0.0667. The molecule has 0 spiro atoms. The van der Waals surface area contributed by atoms with Gasteiger partial charge in [0.1, 0.15) is 5.75 Å². The van der Waals surface area contributed by atoms with E-state index in [1.807, 2.05) is 0 Å². The van der Waals surface area contributed by atoms with Crippen molar-refractivity contribution in [3.8, 4) is 5.75 Å². The zero-order valence-electron chi connectivity index (χ0n) is 11.3. The number of aromatic hydroxyl groups is 1. The highest BCUT2D eigenvalue weighted by atomic mass is 16.4. The van der Waals surface area contributed by atoms with Crippen LogP contribution in [0, 0.1) is 6.92 Å². The van der Waals surface area contributed by atoms with Gasteiger partial charge in [0.05, 0.1) is 11.3 Å². The van der Waals surface area contributed by atoms with Crippen molar-refractivity contribution >= 4 is 23.3 Å². The number of rotatable bonds is 3. The van der Waals surface area contributed by atoms with Crippen LogP contribution >= 0.6 is 0 Å². The molecular weight excluding hydrogens is 272 g/mol. The highest BCUT2D eigenvalue weighted by Gasteiger charge is 2.14. The van der Waals surface area contributed by atoms with E-state index in [0.29, 0.717) is 11.3 Å². The van der Waals surface area contributed by atoms with E-state index < -0.39 is 11.9 Å². The van der Waals surface area contributed by atoms with Crippen LogP contribution in [0.1, 0.15) is 26.3 Å². The van der Waals surface area contributed by atoms with Crippen LogP contribution in [-0.2, 0) is 0 Å². The molecule has 0 radical (unpaired) electrons. The summed E-state index contributed by atoms with van der Waals surface area (Å²) in [5, 5.41) is 21.2. The van der Waals surface area contributed by atoms with Crippen molar-refractivity contribution in [1.82, 2.24) is 0 Å². The van der Waals surface area contributed by atoms with Crippen molar-refractivity contribution in [2.45, 2.75) is 6.92 Å². The number of carbonyl (C=O) groups excluding carboxylic acids is 1. The van der Waals surface area contributed by atoms with Crippen molar-refractivity contribution in [2.75, 3.05) is 11.1 Å². The van der Waals surface area contributed by atoms with Crippen LogP contribution in [0.15, 0.2) is 36.4 Å². The second kappa shape index (κ2) is 5.54. The van der Waals surface area contributed by atoms with Gasteiger partial charge in [-0.15, -0.1) is 0 Å². The number of carboxylic acid groups (broad SMARTS) is 1. The van der Waals surface area contributed by atoms with Crippen LogP contribution < -0.4 is 11.1 Å². The molecule has 0 saturated carbocycles. The van der Waals surface area contributed by atoms with Gasteiger partial charge >= 0.3 is 5.97 Å². The van der Waals surface area contributed by atoms with Gasteiger partial charge in [0.25, 0.3) is 5.91 Å². The Bertz CT molecular complexity index is 726. The Kier molecular flexibility index (Phi) is 3.80. The number of aromatic carboxylic acids is 1. The first kappa shape index (κ1) is 14.4. The quantitative estimate of drug-likeness (QED) is 0.646. The number of nitrogens with two attached hydrogens (primary N) is 1. The maximum Gasteiger partial charge on any atom is 0.337 e. The predicted molar refractivity (Wildman–Crippen MR) is 78.6 cm³/mol. The number of phenols is 1. The predicted octanol–water partition coefficient (Wildman–Crippen LogP) is 2.23. The fourth-order valence-corrected chi connectivity index (χ4v) is 1.79. The van der Waals surface area contributed by atoms with Crippen molar-refractivity contribution in [2.24, 2.45) is 0 Å². The number of phenolic OH excluding ortho intramolecular Hbond substituents is 1. The maximum atomic E-state index is 12.1. The molecule has 5 N–H and O–H groups in total. The molecule has 0 aliphatic heterocycles. The number of carbonyl (C=O) groups is 2. The van der Waals surface area contributed by atoms with Gasteiger partial charge in [-0.3, -0.25) is 4.79 Å². The Morgan fingerprint density at radius 2 is 1.86 bits per heavy atom. The van der Waals surface area contributed by atoms with Crippen molar-refractivity contribution in [3.63, 3.8) is 0 Å². The summed E-state index contributed by atoms with van der Waals surface area (Å²) in [6.07, 6.45) is 0. The second-order valence-electron chi connectivity index (χ2n) is 4.57. The molecule has 0 aliphatic rings. The van der Waals surface area contributed by atoms with Crippen LogP contribution in [-0.4, -0.2) is 22.1 Å². The zero-order chi connectivity index (χ0) is 15.6. The third kappa shape index (κ3) is 3.11. The molecule has 2 aromatic carbocycles. The lowest BCUT2D eigenvalue weighted by Crippen LogP contribution is -2.15. The summed E-state index contributed by atoms with van der Waals surface area (Å²) in [7, 11) is 0. The Morgan fingerprint density at radius 3 is 2.48 bits per heavy atom. The molecule has 6 nitrogen and oxygen atoms in total. The maximum absolute atomic E-state index is 12.1. The van der Waals surface area contributed by atoms with Crippen molar-refractivity contribution in [1.29, 1.82) is 0 Å². The molecule has 0 atom stereocenters. The van der Waals surface area contributed by atoms with E-state index in [2.05, 4.69) is 5.32 Å². The molecule has 2 rings (SSSR count). The molecule has 2 aromatic rings. The molecule has 108 valence electrons. The number of hydrogen-bond acceptors (Lipinski definition) is 4. The van der Waals surface area contributed by atoms with Gasteiger partial charge in [0.15, 0.2) is 0 Å². The molecule has 0 aliphatic carbocycles. The molecule has 6 heteroatoms. The van der Waals surface area contributed by atoms with Crippen molar-refractivity contribution in [3.05, 3.63) is 53.1 Å². The number of hydrogen-bond donors (Lipinski definition) is 4. The van der Waals surface area contributed by atoms with Crippen LogP contribution in [0.2, 0.25) is 0 Å². The van der Waals surface area contributed by atoms with Gasteiger partial charge in [0, 0.05) is 11.3 Å². The highest BCUT2D eigenvalue weighted by molar-refractivity contribution is 6.08. The van der Waals surface area contributed by atoms with Crippen LogP contribution in [0.5, 0.6) is 5.75 Å². The summed E-state index contributed by atoms with van der Waals surface area (Å²) < 4.78 is 0. The summed E-state index contributed by atoms with van der Waals surface area (Å²) in [6, 6.07) is 8.65. The van der Waals surface area contributed by atoms with Crippen LogP contribution in [0.25, 0.3) is 0 Å². The Hall–Kier alpha value is -3.02. The molecular formula is C15H14N2O4. The normalized spacial score (nSPS) is 10.1. The smallest absolute Gasteiger partial charge is 0.337 e. The van der Waals surface area contributed by atoms with Gasteiger partial charge in [-0.25, -0.2) is 4.79 Å². The highest BCUT2D eigenvalue weighted by Crippen LogP contribution is 2.22. The summed E-state index contributed by atoms with van der Waals surface area (Å²) in [4.78, 5) is 23.2. The Morgan fingerprint density at radius 1 is 1.14 bits per heavy atom. The topological polar surface area (TPSA) is 113 Å². The number of aryl methyl sites for hydroxylation is 1. The number of nitrogen functional groups attached to an aromatic ring is 1. The molecule has 0 heterocycles. The number of carboxylic acids is 1. The first-order valence-electron chi connectivity index (χ1n) is 6.12. The number of amides is 1. The van der Waals surface area contributed by atoms with E-state index in [1.165, 1.54) is 24.3 Å². The summed E-state index contributed by atoms with van der Waals surface area (Å²) in [6.45, 7) is 1.71. The van der Waals surface area contributed by atoms with E-state index in [4.69, 9.17) is 10.8 Å². The van der Waals surface area contributed by atoms with E-state index in [9.17, 15) is 14.7 Å². The minimum Gasteiger partial charge on any atom is -0.508 e. The minimum absolute atomic E-state index is 0.00147. The molecule has 1 amide bonds. The van der Waals surface area contributed by atoms with Gasteiger partial charge in [-0.1, -0.05) is 6.07 Å². The van der Waals surface area contributed by atoms with E-state index in [1.54, 1.807) is 19.1 Å². The zero-order valence-corrected chi connectivity index (χ0v) is 11.3. The lowest BCUT2D eigenvalue weighted by Gasteiger charge is -2.10. The van der Waals surface area contributed by atoms with E-state index >= 15 is 0 Å². The summed E-state index contributed by atoms with van der Waals surface area (Å²) in [5.74, 6) is -1.71. The van der Waals surface area contributed by atoms with Crippen molar-refractivity contribution < 1.29 is 19.8 Å². The lowest BCUT2D eigenvalue weighted by molar-refractivity contribution is 0.0698.